The molecular weight excluding hydrogens is 284 g/mol. The Morgan fingerprint density at radius 2 is 1.57 bits per heavy atom. The summed E-state index contributed by atoms with van der Waals surface area (Å²) in [5, 5.41) is 0. The van der Waals surface area contributed by atoms with Crippen molar-refractivity contribution in [2.45, 2.75) is 87.9 Å². The van der Waals surface area contributed by atoms with Crippen LogP contribution in [-0.2, 0) is 9.47 Å². The van der Waals surface area contributed by atoms with Crippen LogP contribution in [0.5, 0.6) is 0 Å². The van der Waals surface area contributed by atoms with Gasteiger partial charge in [-0.2, -0.15) is 0 Å². The zero-order valence-electron chi connectivity index (χ0n) is 17.2. The Hall–Kier alpha value is -0.760. The SMILES string of the molecule is CC.COC(C)OC1=CC=C(C(CC(C)(C)C)C(C)(C)C)CC1. The van der Waals surface area contributed by atoms with Gasteiger partial charge in [0.05, 0.1) is 5.76 Å². The molecule has 0 spiro atoms. The summed E-state index contributed by atoms with van der Waals surface area (Å²) in [6, 6.07) is 0. The van der Waals surface area contributed by atoms with Crippen LogP contribution in [0.25, 0.3) is 0 Å². The lowest BCUT2D eigenvalue weighted by molar-refractivity contribution is -0.0824. The number of allylic oxidation sites excluding steroid dienone is 4. The van der Waals surface area contributed by atoms with Crippen LogP contribution in [0.2, 0.25) is 0 Å². The maximum absolute atomic E-state index is 5.75. The van der Waals surface area contributed by atoms with Crippen molar-refractivity contribution < 1.29 is 9.47 Å². The molecule has 136 valence electrons. The highest BCUT2D eigenvalue weighted by atomic mass is 16.7. The zero-order chi connectivity index (χ0) is 18.3. The lowest BCUT2D eigenvalue weighted by Gasteiger charge is -2.38. The van der Waals surface area contributed by atoms with Crippen LogP contribution < -0.4 is 0 Å². The van der Waals surface area contributed by atoms with Gasteiger partial charge >= 0.3 is 0 Å². The van der Waals surface area contributed by atoms with E-state index in [0.29, 0.717) is 16.7 Å². The highest BCUT2D eigenvalue weighted by molar-refractivity contribution is 5.24. The monoisotopic (exact) mass is 324 g/mol. The second-order valence-corrected chi connectivity index (χ2v) is 8.48. The van der Waals surface area contributed by atoms with E-state index in [4.69, 9.17) is 9.47 Å². The fourth-order valence-electron chi connectivity index (χ4n) is 2.89. The van der Waals surface area contributed by atoms with Crippen molar-refractivity contribution in [3.05, 3.63) is 23.5 Å². The molecule has 1 aliphatic carbocycles. The largest absolute Gasteiger partial charge is 0.470 e. The summed E-state index contributed by atoms with van der Waals surface area (Å²) in [6.45, 7) is 20.0. The Kier molecular flexibility index (Phi) is 9.20. The van der Waals surface area contributed by atoms with E-state index in [0.717, 1.165) is 18.6 Å². The summed E-state index contributed by atoms with van der Waals surface area (Å²) >= 11 is 0. The number of methoxy groups -OCH3 is 1. The molecule has 0 bridgehead atoms. The first-order valence-corrected chi connectivity index (χ1v) is 9.12. The normalized spacial score (nSPS) is 18.2. The molecular formula is C21H40O2. The van der Waals surface area contributed by atoms with Gasteiger partial charge in [0.1, 0.15) is 0 Å². The molecule has 0 N–H and O–H groups in total. The zero-order valence-corrected chi connectivity index (χ0v) is 17.2. The fourth-order valence-corrected chi connectivity index (χ4v) is 2.89. The second kappa shape index (κ2) is 9.52. The number of ether oxygens (including phenoxy) is 2. The molecule has 2 atom stereocenters. The molecule has 2 unspecified atom stereocenters. The van der Waals surface area contributed by atoms with Gasteiger partial charge < -0.3 is 9.47 Å². The van der Waals surface area contributed by atoms with E-state index >= 15 is 0 Å². The van der Waals surface area contributed by atoms with Crippen molar-refractivity contribution in [3.63, 3.8) is 0 Å². The summed E-state index contributed by atoms with van der Waals surface area (Å²) in [4.78, 5) is 0. The molecule has 2 heteroatoms. The van der Waals surface area contributed by atoms with Crippen LogP contribution in [-0.4, -0.2) is 13.4 Å². The molecule has 0 fully saturated rings. The minimum Gasteiger partial charge on any atom is -0.470 e. The predicted octanol–water partition coefficient (Wildman–Crippen LogP) is 6.72. The molecule has 0 aromatic rings. The van der Waals surface area contributed by atoms with Crippen molar-refractivity contribution in [2.75, 3.05) is 7.11 Å². The average molecular weight is 325 g/mol. The van der Waals surface area contributed by atoms with Crippen LogP contribution >= 0.6 is 0 Å². The summed E-state index contributed by atoms with van der Waals surface area (Å²) < 4.78 is 10.9. The van der Waals surface area contributed by atoms with E-state index in [1.54, 1.807) is 12.7 Å². The number of hydrogen-bond acceptors (Lipinski definition) is 2. The first-order chi connectivity index (χ1) is 10.5. The van der Waals surface area contributed by atoms with Crippen LogP contribution in [0.1, 0.15) is 81.6 Å². The highest BCUT2D eigenvalue weighted by Crippen LogP contribution is 2.43. The molecule has 0 saturated carbocycles. The molecule has 0 aromatic carbocycles. The van der Waals surface area contributed by atoms with Gasteiger partial charge in [-0.3, -0.25) is 0 Å². The second-order valence-electron chi connectivity index (χ2n) is 8.48. The molecule has 2 nitrogen and oxygen atoms in total. The molecule has 1 rings (SSSR count). The Morgan fingerprint density at radius 3 is 1.91 bits per heavy atom. The van der Waals surface area contributed by atoms with Crippen molar-refractivity contribution in [1.29, 1.82) is 0 Å². The topological polar surface area (TPSA) is 18.5 Å². The smallest absolute Gasteiger partial charge is 0.196 e. The molecule has 0 heterocycles. The van der Waals surface area contributed by atoms with Crippen LogP contribution in [0.15, 0.2) is 23.5 Å². The maximum atomic E-state index is 5.75. The Morgan fingerprint density at radius 1 is 1.00 bits per heavy atom. The van der Waals surface area contributed by atoms with Crippen molar-refractivity contribution in [2.24, 2.45) is 16.7 Å². The van der Waals surface area contributed by atoms with Crippen molar-refractivity contribution in [1.82, 2.24) is 0 Å². The highest BCUT2D eigenvalue weighted by Gasteiger charge is 2.32. The molecule has 0 radical (unpaired) electrons. The molecule has 1 aliphatic rings. The predicted molar refractivity (Wildman–Crippen MR) is 101 cm³/mol. The first kappa shape index (κ1) is 22.2. The fraction of sp³-hybridized carbons (Fsp3) is 0.810. The third-order valence-electron chi connectivity index (χ3n) is 4.10. The minimum absolute atomic E-state index is 0.167. The summed E-state index contributed by atoms with van der Waals surface area (Å²) in [5.41, 5.74) is 2.21. The van der Waals surface area contributed by atoms with Crippen LogP contribution in [0.4, 0.5) is 0 Å². The van der Waals surface area contributed by atoms with Gasteiger partial charge in [0.25, 0.3) is 0 Å². The van der Waals surface area contributed by atoms with E-state index in [1.165, 1.54) is 6.42 Å². The van der Waals surface area contributed by atoms with Crippen molar-refractivity contribution in [3.8, 4) is 0 Å². The van der Waals surface area contributed by atoms with E-state index in [1.807, 2.05) is 20.8 Å². The Balaban J connectivity index is 0.00000232. The Labute approximate surface area is 145 Å². The van der Waals surface area contributed by atoms with E-state index < -0.39 is 0 Å². The first-order valence-electron chi connectivity index (χ1n) is 9.12. The molecule has 0 saturated heterocycles. The number of rotatable bonds is 5. The molecule has 23 heavy (non-hydrogen) atoms. The van der Waals surface area contributed by atoms with Gasteiger partial charge in [-0.1, -0.05) is 67.0 Å². The molecule has 0 aliphatic heterocycles. The van der Waals surface area contributed by atoms with Gasteiger partial charge in [-0.25, -0.2) is 0 Å². The van der Waals surface area contributed by atoms with Gasteiger partial charge in [0.2, 0.25) is 0 Å². The van der Waals surface area contributed by atoms with Gasteiger partial charge in [0.15, 0.2) is 6.29 Å². The van der Waals surface area contributed by atoms with E-state index in [9.17, 15) is 0 Å². The van der Waals surface area contributed by atoms with Crippen LogP contribution in [0, 0.1) is 16.7 Å². The minimum atomic E-state index is -0.167. The lowest BCUT2D eigenvalue weighted by atomic mass is 9.67. The Bertz CT molecular complexity index is 391. The number of hydrogen-bond donors (Lipinski definition) is 0. The third kappa shape index (κ3) is 8.60. The third-order valence-corrected chi connectivity index (χ3v) is 4.10. The summed E-state index contributed by atoms with van der Waals surface area (Å²) in [7, 11) is 1.67. The summed E-state index contributed by atoms with van der Waals surface area (Å²) in [6.07, 6.45) is 7.55. The van der Waals surface area contributed by atoms with E-state index in [-0.39, 0.29) is 6.29 Å². The standard InChI is InChI=1S/C19H34O2.C2H6/c1-14(20-8)21-16-11-9-15(10-12-16)17(19(5,6)7)13-18(2,3)4;1-2/h9,11,14,17H,10,12-13H2,1-8H3;1-2H3. The lowest BCUT2D eigenvalue weighted by Crippen LogP contribution is -2.28. The molecule has 0 aromatic heterocycles. The molecule has 0 amide bonds. The summed E-state index contributed by atoms with van der Waals surface area (Å²) in [5.74, 6) is 1.66. The van der Waals surface area contributed by atoms with Gasteiger partial charge in [-0.15, -0.1) is 0 Å². The van der Waals surface area contributed by atoms with Crippen LogP contribution in [0.3, 0.4) is 0 Å². The quantitative estimate of drug-likeness (QED) is 0.522. The van der Waals surface area contributed by atoms with Gasteiger partial charge in [0, 0.05) is 13.5 Å². The van der Waals surface area contributed by atoms with Gasteiger partial charge in [-0.05, 0) is 42.6 Å². The maximum Gasteiger partial charge on any atom is 0.196 e. The average Bonchev–Trinajstić information content (AvgIpc) is 2.46. The van der Waals surface area contributed by atoms with Crippen molar-refractivity contribution >= 4 is 0 Å². The van der Waals surface area contributed by atoms with E-state index in [2.05, 4.69) is 53.7 Å².